The number of aryl methyl sites for hydroxylation is 2. The van der Waals surface area contributed by atoms with Crippen LogP contribution in [0.25, 0.3) is 0 Å². The zero-order chi connectivity index (χ0) is 18.4. The first-order chi connectivity index (χ1) is 11.9. The lowest BCUT2D eigenvalue weighted by molar-refractivity contribution is -0.125. The molecule has 1 atom stereocenters. The summed E-state index contributed by atoms with van der Waals surface area (Å²) in [5.74, 6) is -0.0206. The standard InChI is InChI=1S/C20H27N3O2/c1-15-8-5-10-17(14-15)19(22(3)4)20(25)21-12-7-13-23-16(2)9-6-11-18(23)24/h5-6,8-11,14,19H,7,12-13H2,1-4H3,(H,21,25)/t19-/m1/s1. The van der Waals surface area contributed by atoms with Gasteiger partial charge in [-0.05, 0) is 46.0 Å². The number of rotatable bonds is 7. The summed E-state index contributed by atoms with van der Waals surface area (Å²) in [7, 11) is 3.80. The molecule has 0 aliphatic rings. The molecule has 2 aromatic rings. The van der Waals surface area contributed by atoms with Gasteiger partial charge in [-0.15, -0.1) is 0 Å². The minimum absolute atomic E-state index is 0.00254. The Kier molecular flexibility index (Phi) is 6.53. The molecule has 0 spiro atoms. The predicted octanol–water partition coefficient (Wildman–Crippen LogP) is 2.27. The highest BCUT2D eigenvalue weighted by Gasteiger charge is 2.22. The van der Waals surface area contributed by atoms with Crippen LogP contribution in [0.5, 0.6) is 0 Å². The van der Waals surface area contributed by atoms with Crippen LogP contribution in [-0.4, -0.2) is 36.0 Å². The number of amides is 1. The van der Waals surface area contributed by atoms with Gasteiger partial charge in [0.15, 0.2) is 0 Å². The van der Waals surface area contributed by atoms with E-state index in [9.17, 15) is 9.59 Å². The molecule has 1 N–H and O–H groups in total. The molecule has 1 aromatic carbocycles. The molecule has 0 fully saturated rings. The topological polar surface area (TPSA) is 54.3 Å². The first kappa shape index (κ1) is 18.9. The number of likely N-dealkylation sites (N-methyl/N-ethyl adjacent to an activating group) is 1. The molecular weight excluding hydrogens is 314 g/mol. The van der Waals surface area contributed by atoms with E-state index in [-0.39, 0.29) is 17.5 Å². The summed E-state index contributed by atoms with van der Waals surface area (Å²) in [6.45, 7) is 5.08. The maximum Gasteiger partial charge on any atom is 0.250 e. The summed E-state index contributed by atoms with van der Waals surface area (Å²) in [6, 6.07) is 12.9. The van der Waals surface area contributed by atoms with Crippen LogP contribution in [0.1, 0.15) is 29.3 Å². The fraction of sp³-hybridized carbons (Fsp3) is 0.400. The van der Waals surface area contributed by atoms with Gasteiger partial charge in [0, 0.05) is 24.8 Å². The van der Waals surface area contributed by atoms with E-state index in [1.807, 2.05) is 63.2 Å². The van der Waals surface area contributed by atoms with Crippen molar-refractivity contribution in [2.24, 2.45) is 0 Å². The molecule has 0 bridgehead atoms. The summed E-state index contributed by atoms with van der Waals surface area (Å²) in [4.78, 5) is 26.4. The van der Waals surface area contributed by atoms with Gasteiger partial charge >= 0.3 is 0 Å². The number of benzene rings is 1. The van der Waals surface area contributed by atoms with Gasteiger partial charge in [0.25, 0.3) is 5.56 Å². The average molecular weight is 341 g/mol. The van der Waals surface area contributed by atoms with Gasteiger partial charge in [-0.25, -0.2) is 0 Å². The third-order valence-electron chi connectivity index (χ3n) is 4.25. The number of carbonyl (C=O) groups is 1. The Morgan fingerprint density at radius 2 is 1.88 bits per heavy atom. The monoisotopic (exact) mass is 341 g/mol. The zero-order valence-electron chi connectivity index (χ0n) is 15.5. The Morgan fingerprint density at radius 1 is 1.16 bits per heavy atom. The number of carbonyl (C=O) groups excluding carboxylic acids is 1. The molecular formula is C20H27N3O2. The summed E-state index contributed by atoms with van der Waals surface area (Å²) < 4.78 is 1.73. The van der Waals surface area contributed by atoms with Crippen molar-refractivity contribution >= 4 is 5.91 Å². The highest BCUT2D eigenvalue weighted by atomic mass is 16.2. The van der Waals surface area contributed by atoms with Crippen molar-refractivity contribution in [3.8, 4) is 0 Å². The van der Waals surface area contributed by atoms with Crippen LogP contribution in [-0.2, 0) is 11.3 Å². The van der Waals surface area contributed by atoms with Crippen LogP contribution in [0.2, 0.25) is 0 Å². The normalized spacial score (nSPS) is 12.2. The second-order valence-corrected chi connectivity index (χ2v) is 6.58. The minimum atomic E-state index is -0.318. The number of nitrogens with one attached hydrogen (secondary N) is 1. The summed E-state index contributed by atoms with van der Waals surface area (Å²) in [5, 5.41) is 3.00. The molecule has 0 saturated carbocycles. The summed E-state index contributed by atoms with van der Waals surface area (Å²) in [6.07, 6.45) is 0.713. The van der Waals surface area contributed by atoms with E-state index >= 15 is 0 Å². The van der Waals surface area contributed by atoms with Crippen molar-refractivity contribution in [2.45, 2.75) is 32.9 Å². The Bertz CT molecular complexity index is 781. The van der Waals surface area contributed by atoms with E-state index in [1.54, 1.807) is 16.7 Å². The van der Waals surface area contributed by atoms with Crippen molar-refractivity contribution in [1.82, 2.24) is 14.8 Å². The smallest absolute Gasteiger partial charge is 0.250 e. The van der Waals surface area contributed by atoms with E-state index in [4.69, 9.17) is 0 Å². The van der Waals surface area contributed by atoms with Gasteiger partial charge in [0.2, 0.25) is 5.91 Å². The van der Waals surface area contributed by atoms with E-state index in [1.165, 1.54) is 0 Å². The molecule has 1 amide bonds. The lowest BCUT2D eigenvalue weighted by Crippen LogP contribution is -2.38. The quantitative estimate of drug-likeness (QED) is 0.786. The number of hydrogen-bond acceptors (Lipinski definition) is 3. The minimum Gasteiger partial charge on any atom is -0.354 e. The van der Waals surface area contributed by atoms with Crippen LogP contribution in [0.3, 0.4) is 0 Å². The van der Waals surface area contributed by atoms with Crippen LogP contribution >= 0.6 is 0 Å². The predicted molar refractivity (Wildman–Crippen MR) is 101 cm³/mol. The van der Waals surface area contributed by atoms with Crippen LogP contribution in [0.4, 0.5) is 0 Å². The van der Waals surface area contributed by atoms with Gasteiger partial charge in [-0.2, -0.15) is 0 Å². The molecule has 25 heavy (non-hydrogen) atoms. The Hall–Kier alpha value is -2.40. The van der Waals surface area contributed by atoms with Crippen molar-refractivity contribution in [3.05, 3.63) is 69.6 Å². The first-order valence-corrected chi connectivity index (χ1v) is 8.57. The number of aromatic nitrogens is 1. The van der Waals surface area contributed by atoms with E-state index in [2.05, 4.69) is 5.32 Å². The van der Waals surface area contributed by atoms with E-state index in [0.717, 1.165) is 16.8 Å². The summed E-state index contributed by atoms with van der Waals surface area (Å²) in [5.41, 5.74) is 3.05. The highest BCUT2D eigenvalue weighted by molar-refractivity contribution is 5.83. The first-order valence-electron chi connectivity index (χ1n) is 8.57. The van der Waals surface area contributed by atoms with Crippen molar-refractivity contribution in [3.63, 3.8) is 0 Å². The molecule has 1 aromatic heterocycles. The lowest BCUT2D eigenvalue weighted by atomic mass is 10.0. The third-order valence-corrected chi connectivity index (χ3v) is 4.25. The molecule has 0 saturated heterocycles. The Labute approximate surface area is 149 Å². The largest absolute Gasteiger partial charge is 0.354 e. The number of nitrogens with zero attached hydrogens (tertiary/aromatic N) is 2. The van der Waals surface area contributed by atoms with Crippen molar-refractivity contribution in [2.75, 3.05) is 20.6 Å². The van der Waals surface area contributed by atoms with Crippen LogP contribution in [0.15, 0.2) is 47.3 Å². The zero-order valence-corrected chi connectivity index (χ0v) is 15.5. The maximum absolute atomic E-state index is 12.6. The lowest BCUT2D eigenvalue weighted by Gasteiger charge is -2.24. The second kappa shape index (κ2) is 8.62. The Balaban J connectivity index is 1.95. The van der Waals surface area contributed by atoms with E-state index in [0.29, 0.717) is 19.5 Å². The van der Waals surface area contributed by atoms with Gasteiger partial charge in [-0.3, -0.25) is 14.5 Å². The van der Waals surface area contributed by atoms with Crippen molar-refractivity contribution in [1.29, 1.82) is 0 Å². The molecule has 134 valence electrons. The van der Waals surface area contributed by atoms with E-state index < -0.39 is 0 Å². The van der Waals surface area contributed by atoms with Crippen molar-refractivity contribution < 1.29 is 4.79 Å². The van der Waals surface area contributed by atoms with Gasteiger partial charge < -0.3 is 9.88 Å². The number of pyridine rings is 1. The molecule has 0 radical (unpaired) electrons. The second-order valence-electron chi connectivity index (χ2n) is 6.58. The third kappa shape index (κ3) is 5.03. The van der Waals surface area contributed by atoms with Gasteiger partial charge in [0.1, 0.15) is 6.04 Å². The molecule has 0 aliphatic heterocycles. The molecule has 2 rings (SSSR count). The average Bonchev–Trinajstić information content (AvgIpc) is 2.53. The molecule has 0 aliphatic carbocycles. The SMILES string of the molecule is Cc1cccc([C@H](C(=O)NCCCn2c(C)cccc2=O)N(C)C)c1. The fourth-order valence-corrected chi connectivity index (χ4v) is 2.98. The van der Waals surface area contributed by atoms with Crippen LogP contribution in [0, 0.1) is 13.8 Å². The van der Waals surface area contributed by atoms with Gasteiger partial charge in [-0.1, -0.05) is 35.9 Å². The highest BCUT2D eigenvalue weighted by Crippen LogP contribution is 2.19. The molecule has 0 unspecified atom stereocenters. The van der Waals surface area contributed by atoms with Gasteiger partial charge in [0.05, 0.1) is 0 Å². The van der Waals surface area contributed by atoms with Crippen LogP contribution < -0.4 is 10.9 Å². The number of hydrogen-bond donors (Lipinski definition) is 1. The fourth-order valence-electron chi connectivity index (χ4n) is 2.98. The maximum atomic E-state index is 12.6. The Morgan fingerprint density at radius 3 is 2.52 bits per heavy atom. The molecule has 5 nitrogen and oxygen atoms in total. The molecule has 5 heteroatoms. The molecule has 1 heterocycles. The summed E-state index contributed by atoms with van der Waals surface area (Å²) >= 11 is 0.